The first-order valence-corrected chi connectivity index (χ1v) is 11.4. The number of anilines is 1. The van der Waals surface area contributed by atoms with Crippen LogP contribution in [0, 0.1) is 0 Å². The van der Waals surface area contributed by atoms with Crippen LogP contribution in [-0.4, -0.2) is 19.9 Å². The van der Waals surface area contributed by atoms with E-state index in [0.717, 1.165) is 49.7 Å². The minimum absolute atomic E-state index is 0.596. The molecule has 3 heterocycles. The van der Waals surface area contributed by atoms with E-state index in [1.165, 1.54) is 11.3 Å². The minimum Gasteiger partial charge on any atom is -0.396 e. The molecule has 0 spiro atoms. The number of unbranched alkanes of at least 4 members (excludes halogenated alkanes) is 1. The fourth-order valence-electron chi connectivity index (χ4n) is 3.15. The highest BCUT2D eigenvalue weighted by atomic mass is 32.2. The van der Waals surface area contributed by atoms with Crippen molar-refractivity contribution in [2.75, 3.05) is 11.5 Å². The Hall–Kier alpha value is -2.57. The fourth-order valence-corrected chi connectivity index (χ4v) is 5.94. The van der Waals surface area contributed by atoms with Crippen LogP contribution >= 0.6 is 11.3 Å². The molecular formula is C22H21N3OS2. The van der Waals surface area contributed by atoms with Crippen LogP contribution in [0.3, 0.4) is 0 Å². The fraction of sp³-hybridized carbons (Fsp3) is 0.182. The van der Waals surface area contributed by atoms with Gasteiger partial charge in [0.2, 0.25) is 0 Å². The lowest BCUT2D eigenvalue weighted by Gasteiger charge is -2.08. The molecule has 3 aromatic heterocycles. The zero-order valence-corrected chi connectivity index (χ0v) is 17.2. The van der Waals surface area contributed by atoms with Crippen LogP contribution in [0.2, 0.25) is 0 Å². The molecule has 0 bridgehead atoms. The summed E-state index contributed by atoms with van der Waals surface area (Å²) in [6.07, 6.45) is 5.48. The predicted molar refractivity (Wildman–Crippen MR) is 119 cm³/mol. The highest BCUT2D eigenvalue weighted by Gasteiger charge is 2.20. The molecule has 0 aliphatic heterocycles. The van der Waals surface area contributed by atoms with E-state index < -0.39 is 10.8 Å². The maximum atomic E-state index is 12.8. The highest BCUT2D eigenvalue weighted by molar-refractivity contribution is 7.87. The standard InChI is InChI=1S/C22H21N3OS2/c1-2-3-12-28(26)22-20(23)19-17(15-8-5-4-6-9-15)13-18(25-21(19)27-22)16-10-7-11-24-14-16/h4-11,13-14H,2-3,12,23H2,1H3. The van der Waals surface area contributed by atoms with Crippen molar-refractivity contribution >= 4 is 38.0 Å². The molecule has 0 radical (unpaired) electrons. The Morgan fingerprint density at radius 3 is 2.61 bits per heavy atom. The Bertz CT molecular complexity index is 1120. The van der Waals surface area contributed by atoms with E-state index in [9.17, 15) is 4.21 Å². The third kappa shape index (κ3) is 3.57. The molecule has 0 aliphatic rings. The normalized spacial score (nSPS) is 12.3. The van der Waals surface area contributed by atoms with Crippen LogP contribution < -0.4 is 5.73 Å². The van der Waals surface area contributed by atoms with Gasteiger partial charge in [-0.2, -0.15) is 0 Å². The van der Waals surface area contributed by atoms with Gasteiger partial charge in [0.15, 0.2) is 0 Å². The minimum atomic E-state index is -1.10. The molecule has 1 aromatic carbocycles. The van der Waals surface area contributed by atoms with Crippen LogP contribution in [0.4, 0.5) is 5.69 Å². The number of benzene rings is 1. The molecule has 0 fully saturated rings. The van der Waals surface area contributed by atoms with Crippen LogP contribution in [0.5, 0.6) is 0 Å². The number of aromatic nitrogens is 2. The van der Waals surface area contributed by atoms with Gasteiger partial charge >= 0.3 is 0 Å². The lowest BCUT2D eigenvalue weighted by atomic mass is 10.0. The molecule has 28 heavy (non-hydrogen) atoms. The first-order valence-electron chi connectivity index (χ1n) is 9.26. The first-order chi connectivity index (χ1) is 13.7. The maximum Gasteiger partial charge on any atom is 0.127 e. The second-order valence-electron chi connectivity index (χ2n) is 6.55. The number of nitrogens with zero attached hydrogens (tertiary/aromatic N) is 2. The Morgan fingerprint density at radius 1 is 1.11 bits per heavy atom. The molecule has 4 nitrogen and oxygen atoms in total. The number of fused-ring (bicyclic) bond motifs is 1. The zero-order chi connectivity index (χ0) is 19.5. The van der Waals surface area contributed by atoms with Crippen LogP contribution in [0.25, 0.3) is 32.6 Å². The first kappa shape index (κ1) is 18.8. The van der Waals surface area contributed by atoms with Gasteiger partial charge in [0.1, 0.15) is 9.04 Å². The molecule has 4 rings (SSSR count). The van der Waals surface area contributed by atoms with Crippen molar-refractivity contribution in [3.8, 4) is 22.4 Å². The molecular weight excluding hydrogens is 386 g/mol. The van der Waals surface area contributed by atoms with Gasteiger partial charge in [0.05, 0.1) is 22.2 Å². The molecule has 0 saturated heterocycles. The van der Waals surface area contributed by atoms with Gasteiger partial charge < -0.3 is 5.73 Å². The summed E-state index contributed by atoms with van der Waals surface area (Å²) in [5, 5.41) is 0.892. The van der Waals surface area contributed by atoms with E-state index in [1.807, 2.05) is 30.3 Å². The van der Waals surface area contributed by atoms with Crippen molar-refractivity contribution < 1.29 is 4.21 Å². The number of nitrogens with two attached hydrogens (primary N) is 1. The number of nitrogen functional groups attached to an aromatic ring is 1. The van der Waals surface area contributed by atoms with E-state index >= 15 is 0 Å². The number of hydrogen-bond acceptors (Lipinski definition) is 5. The maximum absolute atomic E-state index is 12.8. The van der Waals surface area contributed by atoms with Gasteiger partial charge in [-0.3, -0.25) is 9.19 Å². The number of hydrogen-bond donors (Lipinski definition) is 1. The van der Waals surface area contributed by atoms with Crippen LogP contribution in [0.15, 0.2) is 65.1 Å². The summed E-state index contributed by atoms with van der Waals surface area (Å²) in [6.45, 7) is 2.10. The lowest BCUT2D eigenvalue weighted by molar-refractivity contribution is 0.681. The largest absolute Gasteiger partial charge is 0.396 e. The van der Waals surface area contributed by atoms with E-state index in [1.54, 1.807) is 12.4 Å². The van der Waals surface area contributed by atoms with E-state index in [2.05, 4.69) is 30.1 Å². The van der Waals surface area contributed by atoms with Gasteiger partial charge in [-0.1, -0.05) is 43.7 Å². The zero-order valence-electron chi connectivity index (χ0n) is 15.6. The molecule has 1 atom stereocenters. The quantitative estimate of drug-likeness (QED) is 0.457. The summed E-state index contributed by atoms with van der Waals surface area (Å²) in [5.74, 6) is 0.629. The van der Waals surface area contributed by atoms with Gasteiger partial charge in [-0.25, -0.2) is 4.98 Å². The third-order valence-corrected chi connectivity index (χ3v) is 7.59. The Morgan fingerprint density at radius 2 is 1.89 bits per heavy atom. The predicted octanol–water partition coefficient (Wildman–Crippen LogP) is 5.52. The van der Waals surface area contributed by atoms with Gasteiger partial charge in [0.25, 0.3) is 0 Å². The van der Waals surface area contributed by atoms with E-state index in [0.29, 0.717) is 11.4 Å². The molecule has 6 heteroatoms. The van der Waals surface area contributed by atoms with Gasteiger partial charge in [0, 0.05) is 29.1 Å². The van der Waals surface area contributed by atoms with Crippen LogP contribution in [-0.2, 0) is 10.8 Å². The molecule has 0 aliphatic carbocycles. The molecule has 0 saturated carbocycles. The monoisotopic (exact) mass is 407 g/mol. The van der Waals surface area contributed by atoms with Crippen molar-refractivity contribution in [3.05, 3.63) is 60.9 Å². The Kier molecular flexibility index (Phi) is 5.50. The van der Waals surface area contributed by atoms with Crippen molar-refractivity contribution in [2.24, 2.45) is 0 Å². The number of thiophene rings is 1. The average molecular weight is 408 g/mol. The van der Waals surface area contributed by atoms with Crippen molar-refractivity contribution in [1.29, 1.82) is 0 Å². The summed E-state index contributed by atoms with van der Waals surface area (Å²) < 4.78 is 13.5. The third-order valence-electron chi connectivity index (χ3n) is 4.60. The smallest absolute Gasteiger partial charge is 0.127 e. The van der Waals surface area contributed by atoms with Crippen LogP contribution in [0.1, 0.15) is 19.8 Å². The van der Waals surface area contributed by atoms with Gasteiger partial charge in [-0.05, 0) is 35.7 Å². The summed E-state index contributed by atoms with van der Waals surface area (Å²) in [6, 6.07) is 16.1. The average Bonchev–Trinajstić information content (AvgIpc) is 3.09. The Balaban J connectivity index is 1.95. The van der Waals surface area contributed by atoms with Crippen molar-refractivity contribution in [2.45, 2.75) is 24.0 Å². The topological polar surface area (TPSA) is 68.9 Å². The van der Waals surface area contributed by atoms with Gasteiger partial charge in [-0.15, -0.1) is 11.3 Å². The van der Waals surface area contributed by atoms with E-state index in [4.69, 9.17) is 10.7 Å². The molecule has 2 N–H and O–H groups in total. The number of pyridine rings is 2. The summed E-state index contributed by atoms with van der Waals surface area (Å²) in [4.78, 5) is 9.88. The SMILES string of the molecule is CCCCS(=O)c1sc2nc(-c3cccnc3)cc(-c3ccccc3)c2c1N. The Labute approximate surface area is 170 Å². The van der Waals surface area contributed by atoms with Crippen molar-refractivity contribution in [1.82, 2.24) is 9.97 Å². The second-order valence-corrected chi connectivity index (χ2v) is 9.31. The summed E-state index contributed by atoms with van der Waals surface area (Å²) in [5.41, 5.74) is 11.0. The summed E-state index contributed by atoms with van der Waals surface area (Å²) >= 11 is 1.44. The number of rotatable bonds is 6. The van der Waals surface area contributed by atoms with E-state index in [-0.39, 0.29) is 0 Å². The highest BCUT2D eigenvalue weighted by Crippen LogP contribution is 2.42. The summed E-state index contributed by atoms with van der Waals surface area (Å²) in [7, 11) is -1.10. The van der Waals surface area contributed by atoms with Crippen molar-refractivity contribution in [3.63, 3.8) is 0 Å². The molecule has 4 aromatic rings. The molecule has 1 unspecified atom stereocenters. The lowest BCUT2D eigenvalue weighted by Crippen LogP contribution is -1.99. The second kappa shape index (κ2) is 8.20. The molecule has 0 amide bonds. The molecule has 142 valence electrons.